The van der Waals surface area contributed by atoms with Gasteiger partial charge in [-0.25, -0.2) is 4.98 Å². The molecular weight excluding hydrogens is 371 g/mol. The molecule has 2 rings (SSSR count). The maximum absolute atomic E-state index is 12.6. The normalized spacial score (nSPS) is 10.9. The minimum absolute atomic E-state index is 0.0162. The van der Waals surface area contributed by atoms with Crippen molar-refractivity contribution in [1.82, 2.24) is 9.55 Å². The van der Waals surface area contributed by atoms with Gasteiger partial charge in [0.15, 0.2) is 5.16 Å². The molecule has 0 aliphatic rings. The molecular formula is C14H15IN2OS. The number of thioether (sulfide) groups is 1. The van der Waals surface area contributed by atoms with Gasteiger partial charge in [-0.15, -0.1) is 0 Å². The van der Waals surface area contributed by atoms with Gasteiger partial charge in [0.2, 0.25) is 0 Å². The van der Waals surface area contributed by atoms with Crippen LogP contribution in [-0.4, -0.2) is 15.3 Å². The van der Waals surface area contributed by atoms with Gasteiger partial charge in [-0.2, -0.15) is 0 Å². The van der Waals surface area contributed by atoms with Crippen LogP contribution in [0.5, 0.6) is 0 Å². The molecule has 0 amide bonds. The van der Waals surface area contributed by atoms with Crippen molar-refractivity contribution >= 4 is 45.3 Å². The highest BCUT2D eigenvalue weighted by molar-refractivity contribution is 14.1. The van der Waals surface area contributed by atoms with E-state index in [2.05, 4.69) is 41.1 Å². The molecule has 0 N–H and O–H groups in total. The van der Waals surface area contributed by atoms with Crippen molar-refractivity contribution in [1.29, 1.82) is 0 Å². The zero-order valence-electron chi connectivity index (χ0n) is 10.9. The van der Waals surface area contributed by atoms with Crippen LogP contribution in [0.1, 0.15) is 13.8 Å². The lowest BCUT2D eigenvalue weighted by atomic mass is 10.2. The summed E-state index contributed by atoms with van der Waals surface area (Å²) in [5.41, 5.74) is 1.73. The van der Waals surface area contributed by atoms with Crippen molar-refractivity contribution in [3.8, 4) is 0 Å². The van der Waals surface area contributed by atoms with E-state index in [0.29, 0.717) is 11.9 Å². The number of aromatic nitrogens is 2. The smallest absolute Gasteiger partial charge is 0.262 e. The van der Waals surface area contributed by atoms with E-state index < -0.39 is 0 Å². The van der Waals surface area contributed by atoms with Crippen LogP contribution in [0.25, 0.3) is 10.9 Å². The van der Waals surface area contributed by atoms with Crippen molar-refractivity contribution in [3.63, 3.8) is 0 Å². The van der Waals surface area contributed by atoms with Gasteiger partial charge < -0.3 is 0 Å². The highest BCUT2D eigenvalue weighted by Gasteiger charge is 2.11. The van der Waals surface area contributed by atoms with E-state index in [4.69, 9.17) is 0 Å². The Hall–Kier alpha value is -0.820. The Morgan fingerprint density at radius 3 is 2.89 bits per heavy atom. The van der Waals surface area contributed by atoms with Crippen molar-refractivity contribution < 1.29 is 0 Å². The van der Waals surface area contributed by atoms with E-state index in [-0.39, 0.29) is 5.56 Å². The molecule has 1 aromatic carbocycles. The largest absolute Gasteiger partial charge is 0.283 e. The van der Waals surface area contributed by atoms with Crippen molar-refractivity contribution in [2.45, 2.75) is 25.5 Å². The van der Waals surface area contributed by atoms with Gasteiger partial charge in [-0.1, -0.05) is 30.8 Å². The van der Waals surface area contributed by atoms with Crippen LogP contribution in [0.15, 0.2) is 40.3 Å². The molecule has 0 bridgehead atoms. The zero-order chi connectivity index (χ0) is 14.0. The van der Waals surface area contributed by atoms with Crippen molar-refractivity contribution in [2.24, 2.45) is 0 Å². The topological polar surface area (TPSA) is 34.9 Å². The fraction of sp³-hybridized carbons (Fsp3) is 0.286. The molecule has 0 saturated carbocycles. The Balaban J connectivity index is 2.74. The SMILES string of the molecule is C=C(C)Cn1c(SCC)nc2ccc(I)cc2c1=O. The van der Waals surface area contributed by atoms with E-state index in [1.54, 1.807) is 16.3 Å². The molecule has 1 heterocycles. The standard InChI is InChI=1S/C14H15IN2OS/c1-4-19-14-16-12-6-5-10(15)7-11(12)13(18)17(14)8-9(2)3/h5-7H,2,4,8H2,1,3H3. The van der Waals surface area contributed by atoms with Crippen LogP contribution >= 0.6 is 34.4 Å². The zero-order valence-corrected chi connectivity index (χ0v) is 13.9. The fourth-order valence-corrected chi connectivity index (χ4v) is 3.04. The molecule has 5 heteroatoms. The Morgan fingerprint density at radius 1 is 1.53 bits per heavy atom. The van der Waals surface area contributed by atoms with Gasteiger partial charge in [0.25, 0.3) is 5.56 Å². The molecule has 0 aliphatic carbocycles. The molecule has 0 saturated heterocycles. The molecule has 0 fully saturated rings. The Labute approximate surface area is 130 Å². The molecule has 0 atom stereocenters. The number of benzene rings is 1. The van der Waals surface area contributed by atoms with E-state index in [0.717, 1.165) is 25.6 Å². The highest BCUT2D eigenvalue weighted by atomic mass is 127. The van der Waals surface area contributed by atoms with Crippen LogP contribution in [0, 0.1) is 3.57 Å². The first-order valence-corrected chi connectivity index (χ1v) is 8.06. The first-order valence-electron chi connectivity index (χ1n) is 6.00. The van der Waals surface area contributed by atoms with E-state index in [1.165, 1.54) is 0 Å². The van der Waals surface area contributed by atoms with E-state index >= 15 is 0 Å². The van der Waals surface area contributed by atoms with Crippen LogP contribution in [-0.2, 0) is 6.54 Å². The average molecular weight is 386 g/mol. The lowest BCUT2D eigenvalue weighted by Gasteiger charge is -2.12. The molecule has 2 aromatic rings. The number of rotatable bonds is 4. The van der Waals surface area contributed by atoms with Gasteiger partial charge >= 0.3 is 0 Å². The van der Waals surface area contributed by atoms with Crippen LogP contribution in [0.2, 0.25) is 0 Å². The Bertz CT molecular complexity index is 694. The third-order valence-electron chi connectivity index (χ3n) is 2.58. The lowest BCUT2D eigenvalue weighted by molar-refractivity contribution is 0.651. The predicted molar refractivity (Wildman–Crippen MR) is 89.9 cm³/mol. The van der Waals surface area contributed by atoms with Crippen LogP contribution in [0.3, 0.4) is 0 Å². The second-order valence-electron chi connectivity index (χ2n) is 4.34. The average Bonchev–Trinajstić information content (AvgIpc) is 2.35. The minimum Gasteiger partial charge on any atom is -0.283 e. The fourth-order valence-electron chi connectivity index (χ4n) is 1.82. The molecule has 1 aromatic heterocycles. The number of allylic oxidation sites excluding steroid dienone is 1. The molecule has 0 aliphatic heterocycles. The van der Waals surface area contributed by atoms with Gasteiger partial charge in [0, 0.05) is 10.1 Å². The summed E-state index contributed by atoms with van der Waals surface area (Å²) in [7, 11) is 0. The number of fused-ring (bicyclic) bond motifs is 1. The van der Waals surface area contributed by atoms with Crippen molar-refractivity contribution in [2.75, 3.05) is 5.75 Å². The van der Waals surface area contributed by atoms with Crippen molar-refractivity contribution in [3.05, 3.63) is 44.3 Å². The van der Waals surface area contributed by atoms with Crippen LogP contribution in [0.4, 0.5) is 0 Å². The summed E-state index contributed by atoms with van der Waals surface area (Å²) < 4.78 is 2.76. The lowest BCUT2D eigenvalue weighted by Crippen LogP contribution is -2.24. The third kappa shape index (κ3) is 3.20. The number of hydrogen-bond donors (Lipinski definition) is 0. The molecule has 0 unspecified atom stereocenters. The summed E-state index contributed by atoms with van der Waals surface area (Å²) in [6, 6.07) is 5.77. The number of halogens is 1. The third-order valence-corrected chi connectivity index (χ3v) is 4.11. The van der Waals surface area contributed by atoms with Gasteiger partial charge in [0.05, 0.1) is 10.9 Å². The number of nitrogens with zero attached hydrogens (tertiary/aromatic N) is 2. The monoisotopic (exact) mass is 386 g/mol. The summed E-state index contributed by atoms with van der Waals surface area (Å²) in [5.74, 6) is 0.887. The van der Waals surface area contributed by atoms with Gasteiger partial charge in [0.1, 0.15) is 0 Å². The summed E-state index contributed by atoms with van der Waals surface area (Å²) in [4.78, 5) is 17.2. The second kappa shape index (κ2) is 6.09. The summed E-state index contributed by atoms with van der Waals surface area (Å²) in [5, 5.41) is 1.44. The van der Waals surface area contributed by atoms with E-state index in [1.807, 2.05) is 25.1 Å². The maximum atomic E-state index is 12.6. The molecule has 19 heavy (non-hydrogen) atoms. The molecule has 0 spiro atoms. The van der Waals surface area contributed by atoms with Gasteiger partial charge in [-0.05, 0) is 53.5 Å². The van der Waals surface area contributed by atoms with E-state index in [9.17, 15) is 4.79 Å². The Kier molecular flexibility index (Phi) is 4.67. The minimum atomic E-state index is 0.0162. The Morgan fingerprint density at radius 2 is 2.26 bits per heavy atom. The second-order valence-corrected chi connectivity index (χ2v) is 6.81. The first kappa shape index (κ1) is 14.6. The van der Waals surface area contributed by atoms with Gasteiger partial charge in [-0.3, -0.25) is 9.36 Å². The number of hydrogen-bond acceptors (Lipinski definition) is 3. The first-order chi connectivity index (χ1) is 9.02. The predicted octanol–water partition coefficient (Wildman–Crippen LogP) is 3.69. The summed E-state index contributed by atoms with van der Waals surface area (Å²) in [6.45, 7) is 8.39. The summed E-state index contributed by atoms with van der Waals surface area (Å²) >= 11 is 3.79. The summed E-state index contributed by atoms with van der Waals surface area (Å²) in [6.07, 6.45) is 0. The maximum Gasteiger partial charge on any atom is 0.262 e. The molecule has 100 valence electrons. The quantitative estimate of drug-likeness (QED) is 0.348. The molecule has 3 nitrogen and oxygen atoms in total. The molecule has 0 radical (unpaired) electrons. The van der Waals surface area contributed by atoms with Crippen LogP contribution < -0.4 is 5.56 Å². The highest BCUT2D eigenvalue weighted by Crippen LogP contribution is 2.19.